The van der Waals surface area contributed by atoms with E-state index in [-0.39, 0.29) is 44.6 Å². The van der Waals surface area contributed by atoms with Crippen molar-refractivity contribution in [3.8, 4) is 0 Å². The van der Waals surface area contributed by atoms with Gasteiger partial charge in [0.05, 0.1) is 6.61 Å². The number of hydrogen-bond acceptors (Lipinski definition) is 5. The first kappa shape index (κ1) is 19.7. The first-order valence-electron chi connectivity index (χ1n) is 8.48. The number of halogens is 2. The van der Waals surface area contributed by atoms with Gasteiger partial charge in [0.25, 0.3) is 5.91 Å². The Labute approximate surface area is 155 Å². The number of rotatable bonds is 4. The minimum atomic E-state index is -3.69. The van der Waals surface area contributed by atoms with Crippen molar-refractivity contribution in [2.24, 2.45) is 0 Å². The first-order chi connectivity index (χ1) is 12.7. The molecular formula is C17H20F2N2O5S. The molecule has 0 N–H and O–H groups in total. The van der Waals surface area contributed by atoms with Crippen LogP contribution in [0.1, 0.15) is 23.2 Å². The Morgan fingerprint density at radius 1 is 1.22 bits per heavy atom. The highest BCUT2D eigenvalue weighted by Gasteiger charge is 2.58. The summed E-state index contributed by atoms with van der Waals surface area (Å²) in [5, 5.41) is 0. The van der Waals surface area contributed by atoms with Gasteiger partial charge in [0, 0.05) is 45.1 Å². The Morgan fingerprint density at radius 2 is 1.89 bits per heavy atom. The van der Waals surface area contributed by atoms with Crippen molar-refractivity contribution >= 4 is 21.7 Å². The number of ether oxygens (including phenoxy) is 1. The van der Waals surface area contributed by atoms with E-state index in [1.165, 1.54) is 23.0 Å². The van der Waals surface area contributed by atoms with E-state index in [2.05, 4.69) is 0 Å². The van der Waals surface area contributed by atoms with Crippen molar-refractivity contribution in [2.45, 2.75) is 17.7 Å². The second kappa shape index (κ2) is 7.16. The molecule has 0 unspecified atom stereocenters. The molecule has 0 bridgehead atoms. The molecule has 0 atom stereocenters. The van der Waals surface area contributed by atoms with E-state index >= 15 is 0 Å². The summed E-state index contributed by atoms with van der Waals surface area (Å²) in [5.74, 6) is -3.69. The lowest BCUT2D eigenvalue weighted by Gasteiger charge is -2.43. The molecule has 3 rings (SSSR count). The number of amides is 2. The highest BCUT2D eigenvalue weighted by atomic mass is 32.2. The predicted molar refractivity (Wildman–Crippen MR) is 91.6 cm³/mol. The van der Waals surface area contributed by atoms with Crippen LogP contribution >= 0.6 is 0 Å². The van der Waals surface area contributed by atoms with Crippen LogP contribution in [-0.4, -0.2) is 74.0 Å². The lowest BCUT2D eigenvalue weighted by Crippen LogP contribution is -2.57. The zero-order chi connectivity index (χ0) is 19.8. The fourth-order valence-electron chi connectivity index (χ4n) is 3.73. The van der Waals surface area contributed by atoms with Crippen LogP contribution in [0.4, 0.5) is 8.78 Å². The maximum atomic E-state index is 13.4. The van der Waals surface area contributed by atoms with E-state index in [4.69, 9.17) is 4.74 Å². The second-order valence-corrected chi connectivity index (χ2v) is 8.94. The number of carbonyl (C=O) groups excluding carboxylic acids is 2. The van der Waals surface area contributed by atoms with Crippen molar-refractivity contribution in [2.75, 3.05) is 39.1 Å². The molecule has 148 valence electrons. The monoisotopic (exact) mass is 402 g/mol. The number of likely N-dealkylation sites (tertiary alicyclic amines) is 1. The van der Waals surface area contributed by atoms with Crippen molar-refractivity contribution < 1.29 is 31.5 Å². The number of carbonyl (C=O) groups is 2. The van der Waals surface area contributed by atoms with Gasteiger partial charge in [-0.25, -0.2) is 17.2 Å². The quantitative estimate of drug-likeness (QED) is 0.744. The number of sulfone groups is 1. The van der Waals surface area contributed by atoms with Crippen molar-refractivity contribution in [3.05, 3.63) is 35.4 Å². The number of nitrogens with zero attached hydrogens (tertiary/aromatic N) is 2. The lowest BCUT2D eigenvalue weighted by atomic mass is 10.0. The average molecular weight is 402 g/mol. The third-order valence-corrected chi connectivity index (χ3v) is 7.62. The summed E-state index contributed by atoms with van der Waals surface area (Å²) in [6.07, 6.45) is 0.139. The number of methoxy groups -OCH3 is 1. The van der Waals surface area contributed by atoms with E-state index in [9.17, 15) is 26.8 Å². The molecule has 2 heterocycles. The van der Waals surface area contributed by atoms with Gasteiger partial charge in [-0.15, -0.1) is 0 Å². The van der Waals surface area contributed by atoms with Gasteiger partial charge in [-0.1, -0.05) is 0 Å². The molecule has 2 aliphatic rings. The van der Waals surface area contributed by atoms with Crippen LogP contribution in [0, 0.1) is 11.6 Å². The predicted octanol–water partition coefficient (Wildman–Crippen LogP) is 0.801. The zero-order valence-corrected chi connectivity index (χ0v) is 15.6. The zero-order valence-electron chi connectivity index (χ0n) is 14.8. The Balaban J connectivity index is 1.79. The molecule has 1 aromatic carbocycles. The molecule has 1 aromatic rings. The summed E-state index contributed by atoms with van der Waals surface area (Å²) in [6.45, 7) is 0.549. The number of benzene rings is 1. The molecule has 27 heavy (non-hydrogen) atoms. The van der Waals surface area contributed by atoms with Crippen LogP contribution in [0.2, 0.25) is 0 Å². The topological polar surface area (TPSA) is 84.0 Å². The molecule has 7 nitrogen and oxygen atoms in total. The van der Waals surface area contributed by atoms with Crippen molar-refractivity contribution in [1.29, 1.82) is 0 Å². The van der Waals surface area contributed by atoms with Crippen LogP contribution < -0.4 is 0 Å². The SMILES string of the molecule is COCCN1C(=O)CS(=O)(=O)C12CCN(C(=O)c1ccc(F)c(F)c1)CC2. The molecule has 2 saturated heterocycles. The highest BCUT2D eigenvalue weighted by Crippen LogP contribution is 2.40. The molecule has 10 heteroatoms. The summed E-state index contributed by atoms with van der Waals surface area (Å²) < 4.78 is 56.7. The molecule has 1 spiro atoms. The minimum absolute atomic E-state index is 0.00792. The Morgan fingerprint density at radius 3 is 2.48 bits per heavy atom. The lowest BCUT2D eigenvalue weighted by molar-refractivity contribution is -0.131. The van der Waals surface area contributed by atoms with Gasteiger partial charge in [-0.05, 0) is 18.2 Å². The second-order valence-electron chi connectivity index (χ2n) is 6.66. The Hall–Kier alpha value is -2.07. The number of piperidine rings is 1. The van der Waals surface area contributed by atoms with Gasteiger partial charge in [-0.3, -0.25) is 9.59 Å². The molecule has 0 saturated carbocycles. The van der Waals surface area contributed by atoms with E-state index in [1.54, 1.807) is 0 Å². The van der Waals surface area contributed by atoms with Gasteiger partial charge in [-0.2, -0.15) is 0 Å². The summed E-state index contributed by atoms with van der Waals surface area (Å²) in [7, 11) is -2.23. The molecule has 0 radical (unpaired) electrons. The van der Waals surface area contributed by atoms with Gasteiger partial charge in [0.15, 0.2) is 21.5 Å². The largest absolute Gasteiger partial charge is 0.383 e. The van der Waals surface area contributed by atoms with E-state index in [0.717, 1.165) is 12.1 Å². The molecule has 0 aliphatic carbocycles. The van der Waals surface area contributed by atoms with Gasteiger partial charge >= 0.3 is 0 Å². The summed E-state index contributed by atoms with van der Waals surface area (Å²) in [6, 6.07) is 2.88. The van der Waals surface area contributed by atoms with E-state index < -0.39 is 43.9 Å². The average Bonchev–Trinajstić information content (AvgIpc) is 2.81. The van der Waals surface area contributed by atoms with Crippen molar-refractivity contribution in [1.82, 2.24) is 9.80 Å². The van der Waals surface area contributed by atoms with Crippen molar-refractivity contribution in [3.63, 3.8) is 0 Å². The first-order valence-corrected chi connectivity index (χ1v) is 10.1. The number of hydrogen-bond donors (Lipinski definition) is 0. The summed E-state index contributed by atoms with van der Waals surface area (Å²) in [4.78, 5) is 26.1. The smallest absolute Gasteiger partial charge is 0.253 e. The van der Waals surface area contributed by atoms with Crippen LogP contribution in [0.15, 0.2) is 18.2 Å². The van der Waals surface area contributed by atoms with Crippen LogP contribution in [0.3, 0.4) is 0 Å². The minimum Gasteiger partial charge on any atom is -0.383 e. The van der Waals surface area contributed by atoms with Gasteiger partial charge < -0.3 is 14.5 Å². The van der Waals surface area contributed by atoms with Gasteiger partial charge in [0.1, 0.15) is 10.6 Å². The third kappa shape index (κ3) is 3.31. The Kier molecular flexibility index (Phi) is 5.22. The maximum Gasteiger partial charge on any atom is 0.253 e. The van der Waals surface area contributed by atoms with E-state index in [0.29, 0.717) is 0 Å². The molecular weight excluding hydrogens is 382 g/mol. The fraction of sp³-hybridized carbons (Fsp3) is 0.529. The molecule has 2 amide bonds. The van der Waals surface area contributed by atoms with Crippen LogP contribution in [0.25, 0.3) is 0 Å². The van der Waals surface area contributed by atoms with Crippen LogP contribution in [0.5, 0.6) is 0 Å². The van der Waals surface area contributed by atoms with Gasteiger partial charge in [0.2, 0.25) is 5.91 Å². The standard InChI is InChI=1S/C17H20F2N2O5S/c1-26-9-8-21-15(22)11-27(24,25)17(21)4-6-20(7-5-17)16(23)12-2-3-13(18)14(19)10-12/h2-3,10H,4-9,11H2,1H3. The van der Waals surface area contributed by atoms with Crippen LogP contribution in [-0.2, 0) is 19.4 Å². The molecule has 2 fully saturated rings. The molecule has 0 aromatic heterocycles. The summed E-state index contributed by atoms with van der Waals surface area (Å²) >= 11 is 0. The fourth-order valence-corrected chi connectivity index (χ4v) is 5.82. The Bertz CT molecular complexity index is 866. The molecule has 2 aliphatic heterocycles. The maximum absolute atomic E-state index is 13.4. The summed E-state index contributed by atoms with van der Waals surface area (Å²) in [5.41, 5.74) is -0.00792. The van der Waals surface area contributed by atoms with E-state index in [1.807, 2.05) is 0 Å². The highest BCUT2D eigenvalue weighted by molar-refractivity contribution is 7.93. The third-order valence-electron chi connectivity index (χ3n) is 5.20. The normalized spacial score (nSPS) is 21.1.